The third-order valence-electron chi connectivity index (χ3n) is 2.41. The Balaban J connectivity index is 2.44. The number of ether oxygens (including phenoxy) is 1. The van der Waals surface area contributed by atoms with E-state index >= 15 is 0 Å². The molecule has 0 fully saturated rings. The molecule has 4 nitrogen and oxygen atoms in total. The summed E-state index contributed by atoms with van der Waals surface area (Å²) in [4.78, 5) is 11.2. The van der Waals surface area contributed by atoms with Gasteiger partial charge in [-0.2, -0.15) is 0 Å². The highest BCUT2D eigenvalue weighted by Crippen LogP contribution is 2.19. The van der Waals surface area contributed by atoms with Gasteiger partial charge >= 0.3 is 0 Å². The second-order valence-electron chi connectivity index (χ2n) is 3.76. The Hall–Kier alpha value is -1.99. The Morgan fingerprint density at radius 2 is 2.17 bits per heavy atom. The van der Waals surface area contributed by atoms with Gasteiger partial charge in [0, 0.05) is 0 Å². The van der Waals surface area contributed by atoms with E-state index in [0.29, 0.717) is 12.2 Å². The van der Waals surface area contributed by atoms with Crippen LogP contribution in [0.3, 0.4) is 0 Å². The Morgan fingerprint density at radius 1 is 1.50 bits per heavy atom. The molecule has 0 unspecified atom stereocenters. The maximum absolute atomic E-state index is 11.2. The first-order valence-electron chi connectivity index (χ1n) is 5.78. The van der Waals surface area contributed by atoms with Gasteiger partial charge < -0.3 is 15.2 Å². The zero-order chi connectivity index (χ0) is 13.4. The van der Waals surface area contributed by atoms with Gasteiger partial charge in [-0.05, 0) is 24.1 Å². The average molecular weight is 247 g/mol. The second-order valence-corrected chi connectivity index (χ2v) is 3.76. The number of aliphatic hydroxyl groups excluding tert-OH is 1. The molecule has 0 radical (unpaired) electrons. The molecule has 4 heteroatoms. The molecule has 1 aromatic rings. The molecular weight excluding hydrogens is 230 g/mol. The van der Waals surface area contributed by atoms with E-state index < -0.39 is 6.10 Å². The normalized spacial score (nSPS) is 11.4. The predicted octanol–water partition coefficient (Wildman–Crippen LogP) is 1.26. The minimum absolute atomic E-state index is 0.0721. The van der Waals surface area contributed by atoms with Gasteiger partial charge in [0.05, 0.1) is 12.6 Å². The van der Waals surface area contributed by atoms with Gasteiger partial charge in [-0.3, -0.25) is 4.79 Å². The highest BCUT2D eigenvalue weighted by atomic mass is 16.5. The van der Waals surface area contributed by atoms with Gasteiger partial charge in [-0.15, -0.1) is 6.42 Å². The number of nitrogens with one attached hydrogen (secondary N) is 1. The summed E-state index contributed by atoms with van der Waals surface area (Å²) in [5, 5.41) is 12.1. The zero-order valence-electron chi connectivity index (χ0n) is 10.3. The number of rotatable bonds is 6. The molecular formula is C14H17NO3. The maximum Gasteiger partial charge on any atom is 0.258 e. The summed E-state index contributed by atoms with van der Waals surface area (Å²) < 4.78 is 5.27. The van der Waals surface area contributed by atoms with Gasteiger partial charge in [-0.1, -0.05) is 25.0 Å². The van der Waals surface area contributed by atoms with Crippen molar-refractivity contribution >= 4 is 5.91 Å². The maximum atomic E-state index is 11.2. The van der Waals surface area contributed by atoms with Crippen LogP contribution in [0.2, 0.25) is 0 Å². The van der Waals surface area contributed by atoms with Crippen molar-refractivity contribution in [1.82, 2.24) is 5.32 Å². The van der Waals surface area contributed by atoms with Gasteiger partial charge in [0.15, 0.2) is 6.61 Å². The highest BCUT2D eigenvalue weighted by Gasteiger charge is 2.05. The van der Waals surface area contributed by atoms with Gasteiger partial charge in [0.2, 0.25) is 0 Å². The lowest BCUT2D eigenvalue weighted by Crippen LogP contribution is -2.29. The summed E-state index contributed by atoms with van der Waals surface area (Å²) >= 11 is 0. The van der Waals surface area contributed by atoms with Gasteiger partial charge in [-0.25, -0.2) is 0 Å². The van der Waals surface area contributed by atoms with E-state index in [1.807, 2.05) is 6.92 Å². The van der Waals surface area contributed by atoms with Crippen LogP contribution in [-0.4, -0.2) is 24.2 Å². The lowest BCUT2D eigenvalue weighted by atomic mass is 10.1. The number of benzene rings is 1. The first kappa shape index (κ1) is 14.1. The fourth-order valence-corrected chi connectivity index (χ4v) is 1.37. The molecule has 0 aliphatic heterocycles. The van der Waals surface area contributed by atoms with Crippen LogP contribution in [0.25, 0.3) is 0 Å². The van der Waals surface area contributed by atoms with Crippen molar-refractivity contribution in [3.63, 3.8) is 0 Å². The Bertz CT molecular complexity index is 420. The summed E-state index contributed by atoms with van der Waals surface area (Å²) in [5.74, 6) is 2.63. The molecule has 0 saturated heterocycles. The summed E-state index contributed by atoms with van der Waals surface area (Å²) in [7, 11) is 0. The Morgan fingerprint density at radius 3 is 2.72 bits per heavy atom. The van der Waals surface area contributed by atoms with E-state index in [1.165, 1.54) is 0 Å². The largest absolute Gasteiger partial charge is 0.484 e. The molecule has 1 aromatic carbocycles. The van der Waals surface area contributed by atoms with E-state index in [1.54, 1.807) is 24.3 Å². The summed E-state index contributed by atoms with van der Waals surface area (Å²) in [6.07, 6.45) is 5.21. The van der Waals surface area contributed by atoms with Crippen molar-refractivity contribution in [1.29, 1.82) is 0 Å². The minimum Gasteiger partial charge on any atom is -0.484 e. The third kappa shape index (κ3) is 4.48. The first-order chi connectivity index (χ1) is 8.67. The van der Waals surface area contributed by atoms with Crippen LogP contribution >= 0.6 is 0 Å². The van der Waals surface area contributed by atoms with Gasteiger partial charge in [0.25, 0.3) is 5.91 Å². The lowest BCUT2D eigenvalue weighted by molar-refractivity contribution is -0.122. The topological polar surface area (TPSA) is 58.6 Å². The number of carbonyl (C=O) groups is 1. The van der Waals surface area contributed by atoms with Crippen molar-refractivity contribution in [2.45, 2.75) is 19.4 Å². The van der Waals surface area contributed by atoms with E-state index in [4.69, 9.17) is 11.2 Å². The number of carbonyl (C=O) groups excluding carboxylic acids is 1. The van der Waals surface area contributed by atoms with Crippen LogP contribution < -0.4 is 10.1 Å². The smallest absolute Gasteiger partial charge is 0.258 e. The second kappa shape index (κ2) is 7.36. The number of hydrogen-bond donors (Lipinski definition) is 2. The highest BCUT2D eigenvalue weighted by molar-refractivity contribution is 5.77. The fourth-order valence-electron chi connectivity index (χ4n) is 1.37. The lowest BCUT2D eigenvalue weighted by Gasteiger charge is -2.10. The van der Waals surface area contributed by atoms with Crippen LogP contribution in [0.15, 0.2) is 24.3 Å². The number of terminal acetylenes is 1. The fraction of sp³-hybridized carbons (Fsp3) is 0.357. The SMILES string of the molecule is C#CCNC(=O)COc1ccc([C@@H](O)CC)cc1. The molecule has 0 aliphatic rings. The first-order valence-corrected chi connectivity index (χ1v) is 5.78. The van der Waals surface area contributed by atoms with Crippen LogP contribution in [0.1, 0.15) is 25.0 Å². The van der Waals surface area contributed by atoms with Crippen molar-refractivity contribution in [2.24, 2.45) is 0 Å². The molecule has 1 amide bonds. The molecule has 0 bridgehead atoms. The van der Waals surface area contributed by atoms with Crippen LogP contribution in [0.4, 0.5) is 0 Å². The summed E-state index contributed by atoms with van der Waals surface area (Å²) in [5.41, 5.74) is 0.835. The quantitative estimate of drug-likeness (QED) is 0.744. The predicted molar refractivity (Wildman–Crippen MR) is 69.0 cm³/mol. The molecule has 96 valence electrons. The standard InChI is InChI=1S/C14H17NO3/c1-3-9-15-14(17)10-18-12-7-5-11(6-8-12)13(16)4-2/h1,5-8,13,16H,4,9-10H2,2H3,(H,15,17)/t13-/m0/s1. The van der Waals surface area contributed by atoms with Crippen LogP contribution in [0, 0.1) is 12.3 Å². The van der Waals surface area contributed by atoms with Crippen molar-refractivity contribution < 1.29 is 14.6 Å². The van der Waals surface area contributed by atoms with E-state index in [9.17, 15) is 9.90 Å². The zero-order valence-corrected chi connectivity index (χ0v) is 10.3. The molecule has 1 rings (SSSR count). The number of aliphatic hydroxyl groups is 1. The Labute approximate surface area is 107 Å². The molecule has 0 aliphatic carbocycles. The van der Waals surface area contributed by atoms with Gasteiger partial charge in [0.1, 0.15) is 5.75 Å². The number of amides is 1. The van der Waals surface area contributed by atoms with E-state index in [-0.39, 0.29) is 19.1 Å². The number of hydrogen-bond acceptors (Lipinski definition) is 3. The third-order valence-corrected chi connectivity index (χ3v) is 2.41. The van der Waals surface area contributed by atoms with E-state index in [2.05, 4.69) is 11.2 Å². The summed E-state index contributed by atoms with van der Waals surface area (Å²) in [6, 6.07) is 7.01. The molecule has 0 saturated carbocycles. The van der Waals surface area contributed by atoms with Crippen molar-refractivity contribution in [2.75, 3.05) is 13.2 Å². The molecule has 18 heavy (non-hydrogen) atoms. The van der Waals surface area contributed by atoms with Crippen LogP contribution in [0.5, 0.6) is 5.75 Å². The molecule has 1 atom stereocenters. The molecule has 0 heterocycles. The molecule has 0 aromatic heterocycles. The monoisotopic (exact) mass is 247 g/mol. The van der Waals surface area contributed by atoms with Crippen molar-refractivity contribution in [3.05, 3.63) is 29.8 Å². The summed E-state index contributed by atoms with van der Waals surface area (Å²) in [6.45, 7) is 2.03. The Kier molecular flexibility index (Phi) is 5.75. The minimum atomic E-state index is -0.460. The van der Waals surface area contributed by atoms with Crippen molar-refractivity contribution in [3.8, 4) is 18.1 Å². The molecule has 0 spiro atoms. The van der Waals surface area contributed by atoms with Crippen LogP contribution in [-0.2, 0) is 4.79 Å². The molecule has 2 N–H and O–H groups in total. The van der Waals surface area contributed by atoms with E-state index in [0.717, 1.165) is 5.56 Å². The average Bonchev–Trinajstić information content (AvgIpc) is 2.42.